The number of methoxy groups -OCH3 is 1. The molecular weight excluding hydrogens is 402 g/mol. The van der Waals surface area contributed by atoms with Crippen LogP contribution in [-0.4, -0.2) is 42.1 Å². The maximum Gasteiger partial charge on any atom is 0.228 e. The molecule has 0 bridgehead atoms. The average Bonchev–Trinajstić information content (AvgIpc) is 3.49. The lowest BCUT2D eigenvalue weighted by molar-refractivity contribution is -0.132. The quantitative estimate of drug-likeness (QED) is 0.741. The molecule has 156 valence electrons. The fourth-order valence-corrected chi connectivity index (χ4v) is 5.22. The second-order valence-electron chi connectivity index (χ2n) is 7.57. The lowest BCUT2D eigenvalue weighted by Gasteiger charge is -2.26. The molecule has 2 unspecified atom stereocenters. The molecule has 30 heavy (non-hydrogen) atoms. The van der Waals surface area contributed by atoms with Crippen LogP contribution in [0.3, 0.4) is 0 Å². The minimum absolute atomic E-state index is 0.0777. The first-order chi connectivity index (χ1) is 14.5. The zero-order valence-electron chi connectivity index (χ0n) is 16.7. The Bertz CT molecular complexity index is 1030. The van der Waals surface area contributed by atoms with E-state index >= 15 is 0 Å². The molecule has 2 aliphatic rings. The zero-order chi connectivity index (χ0) is 21.3. The van der Waals surface area contributed by atoms with Crippen LogP contribution in [0.5, 0.6) is 5.75 Å². The third-order valence-electron chi connectivity index (χ3n) is 5.73. The van der Waals surface area contributed by atoms with Crippen LogP contribution < -0.4 is 10.1 Å². The van der Waals surface area contributed by atoms with Crippen LogP contribution in [0.2, 0.25) is 0 Å². The minimum Gasteiger partial charge on any atom is -0.497 e. The van der Waals surface area contributed by atoms with Gasteiger partial charge in [0.2, 0.25) is 11.8 Å². The second-order valence-corrected chi connectivity index (χ2v) is 8.68. The Labute approximate surface area is 178 Å². The van der Waals surface area contributed by atoms with E-state index in [1.54, 1.807) is 12.0 Å². The maximum absolute atomic E-state index is 12.8. The summed E-state index contributed by atoms with van der Waals surface area (Å²) >= 11 is 1.37. The zero-order valence-corrected chi connectivity index (χ0v) is 17.5. The van der Waals surface area contributed by atoms with Gasteiger partial charge in [-0.3, -0.25) is 9.59 Å². The molecule has 2 N–H and O–H groups in total. The van der Waals surface area contributed by atoms with Crippen molar-refractivity contribution in [1.82, 2.24) is 4.90 Å². The number of aliphatic hydroxyl groups excluding tert-OH is 1. The summed E-state index contributed by atoms with van der Waals surface area (Å²) in [6.07, 6.45) is 1.45. The van der Waals surface area contributed by atoms with Crippen molar-refractivity contribution in [3.05, 3.63) is 45.8 Å². The number of rotatable bonds is 6. The van der Waals surface area contributed by atoms with Gasteiger partial charge in [-0.1, -0.05) is 12.1 Å². The predicted octanol–water partition coefficient (Wildman–Crippen LogP) is 2.64. The van der Waals surface area contributed by atoms with Crippen molar-refractivity contribution < 1.29 is 19.4 Å². The van der Waals surface area contributed by atoms with Crippen molar-refractivity contribution in [1.29, 1.82) is 5.26 Å². The van der Waals surface area contributed by atoms with Gasteiger partial charge >= 0.3 is 0 Å². The Hall–Kier alpha value is -2.89. The first-order valence-electron chi connectivity index (χ1n) is 9.93. The van der Waals surface area contributed by atoms with E-state index in [1.165, 1.54) is 11.3 Å². The lowest BCUT2D eigenvalue weighted by Crippen LogP contribution is -2.35. The molecule has 1 saturated carbocycles. The van der Waals surface area contributed by atoms with Gasteiger partial charge in [0.25, 0.3) is 0 Å². The van der Waals surface area contributed by atoms with Crippen molar-refractivity contribution >= 4 is 28.2 Å². The molecule has 4 rings (SSSR count). The Kier molecular flexibility index (Phi) is 5.75. The van der Waals surface area contributed by atoms with E-state index in [0.29, 0.717) is 30.1 Å². The molecule has 2 amide bonds. The minimum atomic E-state index is -0.173. The molecule has 2 heterocycles. The molecule has 0 radical (unpaired) electrons. The van der Waals surface area contributed by atoms with Gasteiger partial charge in [0.05, 0.1) is 25.8 Å². The number of nitrogens with one attached hydrogen (secondary N) is 1. The van der Waals surface area contributed by atoms with Crippen LogP contribution >= 0.6 is 11.3 Å². The van der Waals surface area contributed by atoms with E-state index < -0.39 is 0 Å². The Morgan fingerprint density at radius 3 is 3.00 bits per heavy atom. The van der Waals surface area contributed by atoms with Gasteiger partial charge in [0, 0.05) is 23.8 Å². The van der Waals surface area contributed by atoms with E-state index in [1.807, 2.05) is 24.3 Å². The number of anilines is 1. The third-order valence-corrected chi connectivity index (χ3v) is 6.87. The summed E-state index contributed by atoms with van der Waals surface area (Å²) in [5.74, 6) is 0.639. The first kappa shape index (κ1) is 20.4. The summed E-state index contributed by atoms with van der Waals surface area (Å²) in [4.78, 5) is 27.5. The predicted molar refractivity (Wildman–Crippen MR) is 112 cm³/mol. The van der Waals surface area contributed by atoms with Gasteiger partial charge in [-0.2, -0.15) is 5.26 Å². The number of nitriles is 1. The normalized spacial score (nSPS) is 19.6. The highest BCUT2D eigenvalue weighted by Crippen LogP contribution is 2.49. The van der Waals surface area contributed by atoms with Gasteiger partial charge in [0.1, 0.15) is 16.8 Å². The maximum atomic E-state index is 12.8. The second kappa shape index (κ2) is 8.46. The van der Waals surface area contributed by atoms with E-state index in [9.17, 15) is 14.9 Å². The largest absolute Gasteiger partial charge is 0.497 e. The lowest BCUT2D eigenvalue weighted by atomic mass is 10.0. The number of carbonyl (C=O) groups excluding carboxylic acids is 2. The Morgan fingerprint density at radius 1 is 1.43 bits per heavy atom. The molecular formula is C22H23N3O4S. The fraction of sp³-hybridized carbons (Fsp3) is 0.409. The topological polar surface area (TPSA) is 103 Å². The number of amides is 2. The summed E-state index contributed by atoms with van der Waals surface area (Å²) < 4.78 is 5.26. The van der Waals surface area contributed by atoms with Gasteiger partial charge in [-0.15, -0.1) is 11.3 Å². The van der Waals surface area contributed by atoms with Gasteiger partial charge < -0.3 is 20.1 Å². The molecule has 2 aromatic rings. The molecule has 0 spiro atoms. The Morgan fingerprint density at radius 2 is 2.27 bits per heavy atom. The monoisotopic (exact) mass is 425 g/mol. The number of carbonyl (C=O) groups is 2. The highest BCUT2D eigenvalue weighted by Gasteiger charge is 2.44. The van der Waals surface area contributed by atoms with Crippen LogP contribution in [0.25, 0.3) is 0 Å². The molecule has 8 heteroatoms. The number of nitrogens with zero attached hydrogens (tertiary/aromatic N) is 2. The van der Waals surface area contributed by atoms with Crippen molar-refractivity contribution in [3.63, 3.8) is 0 Å². The Balaban J connectivity index is 1.46. The molecule has 0 saturated heterocycles. The number of hydrogen-bond donors (Lipinski definition) is 2. The highest BCUT2D eigenvalue weighted by atomic mass is 32.1. The van der Waals surface area contributed by atoms with Crippen molar-refractivity contribution in [2.45, 2.75) is 31.7 Å². The van der Waals surface area contributed by atoms with E-state index in [4.69, 9.17) is 9.84 Å². The molecule has 1 aromatic carbocycles. The fourth-order valence-electron chi connectivity index (χ4n) is 4.01. The third kappa shape index (κ3) is 3.91. The van der Waals surface area contributed by atoms with Gasteiger partial charge in [0.15, 0.2) is 0 Å². The van der Waals surface area contributed by atoms with E-state index in [0.717, 1.165) is 28.2 Å². The molecule has 7 nitrogen and oxygen atoms in total. The standard InChI is InChI=1S/C22H23N3O4S/c1-29-14-4-2-3-13(9-14)16-10-17(16)21(28)24-22-18(11-23)15-5-7-25(12-19(15)30-22)20(27)6-8-26/h2-4,9,16-17,26H,5-8,10,12H2,1H3,(H,24,28). The summed E-state index contributed by atoms with van der Waals surface area (Å²) in [5.41, 5.74) is 2.51. The van der Waals surface area contributed by atoms with E-state index in [2.05, 4.69) is 11.4 Å². The highest BCUT2D eigenvalue weighted by molar-refractivity contribution is 7.16. The molecule has 1 aromatic heterocycles. The average molecular weight is 426 g/mol. The summed E-state index contributed by atoms with van der Waals surface area (Å²) in [6, 6.07) is 10.00. The summed E-state index contributed by atoms with van der Waals surface area (Å²) in [5, 5.41) is 22.2. The first-order valence-corrected chi connectivity index (χ1v) is 10.8. The van der Waals surface area contributed by atoms with Crippen LogP contribution in [0.1, 0.15) is 40.3 Å². The number of aliphatic hydroxyl groups is 1. The number of hydrogen-bond acceptors (Lipinski definition) is 6. The number of thiophene rings is 1. The summed E-state index contributed by atoms with van der Waals surface area (Å²) in [6.45, 7) is 0.762. The smallest absolute Gasteiger partial charge is 0.228 e. The summed E-state index contributed by atoms with van der Waals surface area (Å²) in [7, 11) is 1.62. The SMILES string of the molecule is COc1cccc(C2CC2C(=O)Nc2sc3c(c2C#N)CCN(C(=O)CCO)C3)c1. The van der Waals surface area contributed by atoms with Crippen LogP contribution in [0.4, 0.5) is 5.00 Å². The number of benzene rings is 1. The van der Waals surface area contributed by atoms with Crippen LogP contribution in [0, 0.1) is 17.2 Å². The van der Waals surface area contributed by atoms with Crippen molar-refractivity contribution in [2.24, 2.45) is 5.92 Å². The molecule has 1 aliphatic heterocycles. The van der Waals surface area contributed by atoms with E-state index in [-0.39, 0.29) is 36.7 Å². The van der Waals surface area contributed by atoms with Gasteiger partial charge in [-0.25, -0.2) is 0 Å². The number of fused-ring (bicyclic) bond motifs is 1. The van der Waals surface area contributed by atoms with Crippen molar-refractivity contribution in [3.8, 4) is 11.8 Å². The van der Waals surface area contributed by atoms with Crippen LogP contribution in [-0.2, 0) is 22.6 Å². The number of ether oxygens (including phenoxy) is 1. The molecule has 2 atom stereocenters. The van der Waals surface area contributed by atoms with Crippen LogP contribution in [0.15, 0.2) is 24.3 Å². The van der Waals surface area contributed by atoms with Gasteiger partial charge in [-0.05, 0) is 42.0 Å². The van der Waals surface area contributed by atoms with Crippen molar-refractivity contribution in [2.75, 3.05) is 25.6 Å². The molecule has 1 fully saturated rings. The molecule has 1 aliphatic carbocycles.